The summed E-state index contributed by atoms with van der Waals surface area (Å²) in [5.74, 6) is 0.713. The Bertz CT molecular complexity index is 340. The van der Waals surface area contributed by atoms with Crippen molar-refractivity contribution in [3.8, 4) is 0 Å². The third-order valence-corrected chi connectivity index (χ3v) is 5.03. The van der Waals surface area contributed by atoms with Crippen molar-refractivity contribution < 1.29 is 8.42 Å². The fourth-order valence-corrected chi connectivity index (χ4v) is 3.67. The topological polar surface area (TPSA) is 63.4 Å². The van der Waals surface area contributed by atoms with E-state index in [2.05, 4.69) is 0 Å². The molecule has 2 unspecified atom stereocenters. The van der Waals surface area contributed by atoms with Gasteiger partial charge in [0.05, 0.1) is 16.5 Å². The monoisotopic (exact) mass is 250 g/mol. The van der Waals surface area contributed by atoms with Crippen LogP contribution in [0.4, 0.5) is 0 Å². The minimum absolute atomic E-state index is 0.131. The molecule has 0 spiro atoms. The van der Waals surface area contributed by atoms with Gasteiger partial charge in [0.1, 0.15) is 0 Å². The molecule has 1 rings (SSSR count). The molecule has 1 aliphatic heterocycles. The van der Waals surface area contributed by atoms with E-state index in [-0.39, 0.29) is 17.7 Å². The minimum Gasteiger partial charge on any atom is -0.393 e. The predicted molar refractivity (Wildman–Crippen MR) is 65.6 cm³/mol. The van der Waals surface area contributed by atoms with E-state index in [9.17, 15) is 8.42 Å². The molecule has 1 aliphatic rings. The smallest absolute Gasteiger partial charge is 0.151 e. The van der Waals surface area contributed by atoms with Gasteiger partial charge < -0.3 is 10.6 Å². The second kappa shape index (κ2) is 4.76. The lowest BCUT2D eigenvalue weighted by Crippen LogP contribution is -2.38. The van der Waals surface area contributed by atoms with Crippen LogP contribution in [-0.2, 0) is 9.84 Å². The summed E-state index contributed by atoms with van der Waals surface area (Å²) in [7, 11) is -0.871. The van der Waals surface area contributed by atoms with Crippen LogP contribution in [0.3, 0.4) is 0 Å². The van der Waals surface area contributed by atoms with E-state index in [0.29, 0.717) is 10.7 Å². The molecule has 0 aromatic carbocycles. The molecule has 4 nitrogen and oxygen atoms in total. The molecular weight excluding hydrogens is 232 g/mol. The van der Waals surface area contributed by atoms with Gasteiger partial charge >= 0.3 is 0 Å². The van der Waals surface area contributed by atoms with Crippen molar-refractivity contribution in [2.24, 2.45) is 11.7 Å². The average Bonchev–Trinajstić information content (AvgIpc) is 2.45. The SMILES string of the molecule is CC(CN(C)C1CCS(=O)(=O)C1)C(N)=S. The highest BCUT2D eigenvalue weighted by Crippen LogP contribution is 2.17. The Hall–Kier alpha value is -0.200. The Morgan fingerprint density at radius 2 is 2.27 bits per heavy atom. The summed E-state index contributed by atoms with van der Waals surface area (Å²) in [5.41, 5.74) is 5.52. The lowest BCUT2D eigenvalue weighted by molar-refractivity contribution is 0.248. The summed E-state index contributed by atoms with van der Waals surface area (Å²) in [5, 5.41) is 0. The van der Waals surface area contributed by atoms with Crippen LogP contribution in [0.25, 0.3) is 0 Å². The van der Waals surface area contributed by atoms with E-state index < -0.39 is 9.84 Å². The normalized spacial score (nSPS) is 26.7. The molecule has 1 heterocycles. The average molecular weight is 250 g/mol. The van der Waals surface area contributed by atoms with E-state index in [1.54, 1.807) is 0 Å². The highest BCUT2D eigenvalue weighted by atomic mass is 32.2. The van der Waals surface area contributed by atoms with Crippen molar-refractivity contribution in [2.75, 3.05) is 25.1 Å². The summed E-state index contributed by atoms with van der Waals surface area (Å²) in [6.45, 7) is 2.69. The van der Waals surface area contributed by atoms with Crippen LogP contribution in [0.2, 0.25) is 0 Å². The van der Waals surface area contributed by atoms with Crippen LogP contribution in [-0.4, -0.2) is 49.4 Å². The van der Waals surface area contributed by atoms with Crippen molar-refractivity contribution in [1.82, 2.24) is 4.90 Å². The van der Waals surface area contributed by atoms with Crippen molar-refractivity contribution in [3.05, 3.63) is 0 Å². The Morgan fingerprint density at radius 3 is 2.67 bits per heavy atom. The summed E-state index contributed by atoms with van der Waals surface area (Å²) < 4.78 is 22.6. The van der Waals surface area contributed by atoms with Crippen LogP contribution in [0, 0.1) is 5.92 Å². The number of hydrogen-bond donors (Lipinski definition) is 1. The number of rotatable bonds is 4. The molecule has 0 bridgehead atoms. The Balaban J connectivity index is 2.49. The zero-order valence-electron chi connectivity index (χ0n) is 9.14. The molecule has 15 heavy (non-hydrogen) atoms. The summed E-state index contributed by atoms with van der Waals surface area (Å²) >= 11 is 4.89. The van der Waals surface area contributed by atoms with Gasteiger partial charge in [0.2, 0.25) is 0 Å². The van der Waals surface area contributed by atoms with Crippen molar-refractivity contribution in [2.45, 2.75) is 19.4 Å². The first-order valence-electron chi connectivity index (χ1n) is 5.02. The second-order valence-electron chi connectivity index (χ2n) is 4.30. The summed E-state index contributed by atoms with van der Waals surface area (Å²) in [6.07, 6.45) is 0.725. The lowest BCUT2D eigenvalue weighted by Gasteiger charge is -2.25. The molecule has 2 N–H and O–H groups in total. The third kappa shape index (κ3) is 3.70. The van der Waals surface area contributed by atoms with Gasteiger partial charge in [0.15, 0.2) is 9.84 Å². The maximum Gasteiger partial charge on any atom is 0.151 e. The van der Waals surface area contributed by atoms with Crippen molar-refractivity contribution in [1.29, 1.82) is 0 Å². The van der Waals surface area contributed by atoms with Gasteiger partial charge in [-0.2, -0.15) is 0 Å². The van der Waals surface area contributed by atoms with E-state index in [0.717, 1.165) is 13.0 Å². The number of nitrogens with two attached hydrogens (primary N) is 1. The number of hydrogen-bond acceptors (Lipinski definition) is 4. The molecule has 1 fully saturated rings. The molecule has 0 aromatic heterocycles. The largest absolute Gasteiger partial charge is 0.393 e. The second-order valence-corrected chi connectivity index (χ2v) is 7.00. The van der Waals surface area contributed by atoms with Gasteiger partial charge in [0, 0.05) is 18.5 Å². The van der Waals surface area contributed by atoms with Crippen LogP contribution < -0.4 is 5.73 Å². The van der Waals surface area contributed by atoms with E-state index in [4.69, 9.17) is 18.0 Å². The molecule has 1 saturated heterocycles. The predicted octanol–water partition coefficient (Wildman–Crippen LogP) is 0.0275. The van der Waals surface area contributed by atoms with E-state index in [1.165, 1.54) is 0 Å². The first kappa shape index (κ1) is 12.9. The maximum atomic E-state index is 11.3. The quantitative estimate of drug-likeness (QED) is 0.713. The van der Waals surface area contributed by atoms with Crippen LogP contribution in [0.1, 0.15) is 13.3 Å². The zero-order chi connectivity index (χ0) is 11.6. The number of sulfone groups is 1. The highest BCUT2D eigenvalue weighted by molar-refractivity contribution is 7.91. The molecule has 2 atom stereocenters. The van der Waals surface area contributed by atoms with Gasteiger partial charge in [-0.3, -0.25) is 0 Å². The Morgan fingerprint density at radius 1 is 1.67 bits per heavy atom. The molecule has 88 valence electrons. The summed E-state index contributed by atoms with van der Waals surface area (Å²) in [4.78, 5) is 2.54. The molecule has 0 aliphatic carbocycles. The Labute approximate surface area is 96.7 Å². The first-order chi connectivity index (χ1) is 6.82. The fourth-order valence-electron chi connectivity index (χ4n) is 1.79. The van der Waals surface area contributed by atoms with Crippen molar-refractivity contribution in [3.63, 3.8) is 0 Å². The minimum atomic E-state index is -2.80. The van der Waals surface area contributed by atoms with E-state index in [1.807, 2.05) is 18.9 Å². The summed E-state index contributed by atoms with van der Waals surface area (Å²) in [6, 6.07) is 0.131. The van der Waals surface area contributed by atoms with Crippen LogP contribution >= 0.6 is 12.2 Å². The Kier molecular flexibility index (Phi) is 4.08. The number of thiocarbonyl (C=S) groups is 1. The molecule has 6 heteroatoms. The molecule has 0 amide bonds. The molecule has 0 aromatic rings. The highest BCUT2D eigenvalue weighted by Gasteiger charge is 2.31. The first-order valence-corrected chi connectivity index (χ1v) is 7.25. The van der Waals surface area contributed by atoms with Gasteiger partial charge in [-0.1, -0.05) is 19.1 Å². The van der Waals surface area contributed by atoms with Gasteiger partial charge in [-0.25, -0.2) is 8.42 Å². The van der Waals surface area contributed by atoms with Gasteiger partial charge in [0.25, 0.3) is 0 Å². The van der Waals surface area contributed by atoms with Crippen LogP contribution in [0.15, 0.2) is 0 Å². The van der Waals surface area contributed by atoms with Gasteiger partial charge in [-0.05, 0) is 13.5 Å². The lowest BCUT2D eigenvalue weighted by atomic mass is 10.1. The zero-order valence-corrected chi connectivity index (χ0v) is 10.8. The molecular formula is C9H18N2O2S2. The molecule has 0 radical (unpaired) electrons. The van der Waals surface area contributed by atoms with E-state index >= 15 is 0 Å². The third-order valence-electron chi connectivity index (χ3n) is 2.88. The van der Waals surface area contributed by atoms with Gasteiger partial charge in [-0.15, -0.1) is 0 Å². The number of nitrogens with zero attached hydrogens (tertiary/aromatic N) is 1. The molecule has 0 saturated carbocycles. The maximum absolute atomic E-state index is 11.3. The van der Waals surface area contributed by atoms with Crippen LogP contribution in [0.5, 0.6) is 0 Å². The van der Waals surface area contributed by atoms with Crippen molar-refractivity contribution >= 4 is 27.0 Å². The fraction of sp³-hybridized carbons (Fsp3) is 0.889. The standard InChI is InChI=1S/C9H18N2O2S2/c1-7(9(10)14)5-11(2)8-3-4-15(12,13)6-8/h7-8H,3-6H2,1-2H3,(H2,10,14).